The Kier molecular flexibility index (Phi) is 5.96. The van der Waals surface area contributed by atoms with E-state index in [2.05, 4.69) is 19.2 Å². The first-order valence-electron chi connectivity index (χ1n) is 6.68. The summed E-state index contributed by atoms with van der Waals surface area (Å²) in [6, 6.07) is 4.76. The first kappa shape index (κ1) is 15.6. The van der Waals surface area contributed by atoms with Crippen molar-refractivity contribution < 1.29 is 9.18 Å². The summed E-state index contributed by atoms with van der Waals surface area (Å²) in [5, 5.41) is 2.61. The molecule has 0 spiro atoms. The Labute approximate surface area is 114 Å². The summed E-state index contributed by atoms with van der Waals surface area (Å²) in [7, 11) is 0. The minimum Gasteiger partial charge on any atom is -0.330 e. The molecule has 1 rings (SSSR count). The molecule has 0 fully saturated rings. The molecule has 1 atom stereocenters. The number of hydrogen-bond donors (Lipinski definition) is 2. The van der Waals surface area contributed by atoms with E-state index in [0.717, 1.165) is 12.0 Å². The zero-order chi connectivity index (χ0) is 14.4. The van der Waals surface area contributed by atoms with Crippen LogP contribution in [0.4, 0.5) is 10.1 Å². The maximum Gasteiger partial charge on any atom is 0.224 e. The molecule has 0 radical (unpaired) electrons. The van der Waals surface area contributed by atoms with Gasteiger partial charge in [-0.1, -0.05) is 19.9 Å². The molecule has 0 unspecified atom stereocenters. The molecule has 0 aliphatic heterocycles. The number of nitrogens with one attached hydrogen (secondary N) is 1. The van der Waals surface area contributed by atoms with Crippen LogP contribution in [0.2, 0.25) is 0 Å². The predicted molar refractivity (Wildman–Crippen MR) is 76.4 cm³/mol. The number of rotatable bonds is 6. The third-order valence-corrected chi connectivity index (χ3v) is 3.01. The van der Waals surface area contributed by atoms with Crippen LogP contribution in [0, 0.1) is 24.6 Å². The normalized spacial score (nSPS) is 12.5. The second-order valence-electron chi connectivity index (χ2n) is 5.47. The molecule has 0 aliphatic carbocycles. The van der Waals surface area contributed by atoms with Crippen LogP contribution in [0.25, 0.3) is 0 Å². The number of amides is 1. The Hall–Kier alpha value is -1.42. The molecule has 0 aliphatic rings. The van der Waals surface area contributed by atoms with E-state index < -0.39 is 5.82 Å². The Morgan fingerprint density at radius 2 is 2.11 bits per heavy atom. The zero-order valence-electron chi connectivity index (χ0n) is 11.9. The minimum atomic E-state index is -0.401. The van der Waals surface area contributed by atoms with Gasteiger partial charge >= 0.3 is 0 Å². The molecule has 0 saturated heterocycles. The zero-order valence-corrected chi connectivity index (χ0v) is 11.9. The van der Waals surface area contributed by atoms with E-state index in [1.54, 1.807) is 12.1 Å². The maximum absolute atomic E-state index is 13.6. The third-order valence-electron chi connectivity index (χ3n) is 3.01. The third kappa shape index (κ3) is 5.39. The van der Waals surface area contributed by atoms with Crippen LogP contribution in [-0.2, 0) is 4.79 Å². The predicted octanol–water partition coefficient (Wildman–Crippen LogP) is 3.08. The fraction of sp³-hybridized carbons (Fsp3) is 0.533. The fourth-order valence-electron chi connectivity index (χ4n) is 2.11. The van der Waals surface area contributed by atoms with E-state index in [1.807, 2.05) is 6.92 Å². The SMILES string of the molecule is Cc1ccc(NC(=O)C[C@@H](CN)CC(C)C)c(F)c1. The molecule has 4 heteroatoms. The van der Waals surface area contributed by atoms with Crippen molar-refractivity contribution in [1.29, 1.82) is 0 Å². The molecule has 0 bridgehead atoms. The van der Waals surface area contributed by atoms with Crippen LogP contribution >= 0.6 is 0 Å². The highest BCUT2D eigenvalue weighted by Crippen LogP contribution is 2.18. The van der Waals surface area contributed by atoms with Gasteiger partial charge in [0, 0.05) is 6.42 Å². The highest BCUT2D eigenvalue weighted by molar-refractivity contribution is 5.91. The Morgan fingerprint density at radius 3 is 2.63 bits per heavy atom. The van der Waals surface area contributed by atoms with E-state index in [4.69, 9.17) is 5.73 Å². The van der Waals surface area contributed by atoms with Gasteiger partial charge in [0.2, 0.25) is 5.91 Å². The van der Waals surface area contributed by atoms with E-state index in [0.29, 0.717) is 18.9 Å². The van der Waals surface area contributed by atoms with Crippen LogP contribution < -0.4 is 11.1 Å². The summed E-state index contributed by atoms with van der Waals surface area (Å²) < 4.78 is 13.6. The number of aryl methyl sites for hydroxylation is 1. The number of anilines is 1. The molecule has 19 heavy (non-hydrogen) atoms. The van der Waals surface area contributed by atoms with Gasteiger partial charge in [0.15, 0.2) is 0 Å². The fourth-order valence-corrected chi connectivity index (χ4v) is 2.11. The largest absolute Gasteiger partial charge is 0.330 e. The van der Waals surface area contributed by atoms with Crippen molar-refractivity contribution >= 4 is 11.6 Å². The van der Waals surface area contributed by atoms with Crippen LogP contribution in [0.15, 0.2) is 18.2 Å². The minimum absolute atomic E-state index is 0.147. The maximum atomic E-state index is 13.6. The number of carbonyl (C=O) groups is 1. The van der Waals surface area contributed by atoms with E-state index in [-0.39, 0.29) is 17.5 Å². The van der Waals surface area contributed by atoms with Crippen LogP contribution in [0.3, 0.4) is 0 Å². The summed E-state index contributed by atoms with van der Waals surface area (Å²) in [6.45, 7) is 6.48. The molecule has 1 aromatic rings. The summed E-state index contributed by atoms with van der Waals surface area (Å²) in [4.78, 5) is 11.9. The topological polar surface area (TPSA) is 55.1 Å². The molecule has 1 aromatic carbocycles. The summed E-state index contributed by atoms with van der Waals surface area (Å²) in [5.74, 6) is 0.0614. The Balaban J connectivity index is 2.59. The molecular formula is C15H23FN2O. The second-order valence-corrected chi connectivity index (χ2v) is 5.47. The summed E-state index contributed by atoms with van der Waals surface area (Å²) in [6.07, 6.45) is 1.24. The van der Waals surface area contributed by atoms with E-state index in [9.17, 15) is 9.18 Å². The van der Waals surface area contributed by atoms with Crippen molar-refractivity contribution in [3.8, 4) is 0 Å². The van der Waals surface area contributed by atoms with Crippen LogP contribution in [-0.4, -0.2) is 12.5 Å². The quantitative estimate of drug-likeness (QED) is 0.831. The van der Waals surface area contributed by atoms with Gasteiger partial charge in [-0.3, -0.25) is 4.79 Å². The van der Waals surface area contributed by atoms with E-state index in [1.165, 1.54) is 6.07 Å². The summed E-state index contributed by atoms with van der Waals surface area (Å²) >= 11 is 0. The number of nitrogens with two attached hydrogens (primary N) is 1. The smallest absolute Gasteiger partial charge is 0.224 e. The lowest BCUT2D eigenvalue weighted by Gasteiger charge is -2.16. The van der Waals surface area contributed by atoms with Crippen molar-refractivity contribution in [1.82, 2.24) is 0 Å². The van der Waals surface area contributed by atoms with Gasteiger partial charge in [0.1, 0.15) is 5.82 Å². The lowest BCUT2D eigenvalue weighted by Crippen LogP contribution is -2.23. The summed E-state index contributed by atoms with van der Waals surface area (Å²) in [5.41, 5.74) is 6.72. The molecule has 3 nitrogen and oxygen atoms in total. The van der Waals surface area contributed by atoms with Crippen molar-refractivity contribution in [2.75, 3.05) is 11.9 Å². The lowest BCUT2D eigenvalue weighted by molar-refractivity contribution is -0.117. The second kappa shape index (κ2) is 7.24. The molecule has 106 valence electrons. The Morgan fingerprint density at radius 1 is 1.42 bits per heavy atom. The van der Waals surface area contributed by atoms with Gasteiger partial charge in [0.05, 0.1) is 5.69 Å². The first-order chi connectivity index (χ1) is 8.92. The molecule has 3 N–H and O–H groups in total. The van der Waals surface area contributed by atoms with E-state index >= 15 is 0 Å². The number of benzene rings is 1. The lowest BCUT2D eigenvalue weighted by atomic mass is 9.94. The van der Waals surface area contributed by atoms with Gasteiger partial charge < -0.3 is 11.1 Å². The van der Waals surface area contributed by atoms with Crippen molar-refractivity contribution in [3.63, 3.8) is 0 Å². The number of halogens is 1. The first-order valence-corrected chi connectivity index (χ1v) is 6.68. The van der Waals surface area contributed by atoms with Crippen LogP contribution in [0.5, 0.6) is 0 Å². The Bertz CT molecular complexity index is 432. The van der Waals surface area contributed by atoms with Crippen molar-refractivity contribution in [3.05, 3.63) is 29.6 Å². The van der Waals surface area contributed by atoms with Gasteiger partial charge in [-0.15, -0.1) is 0 Å². The average Bonchev–Trinajstić information content (AvgIpc) is 2.31. The van der Waals surface area contributed by atoms with Gasteiger partial charge in [0.25, 0.3) is 0 Å². The molecule has 0 heterocycles. The number of carbonyl (C=O) groups excluding carboxylic acids is 1. The highest BCUT2D eigenvalue weighted by Gasteiger charge is 2.15. The van der Waals surface area contributed by atoms with Gasteiger partial charge in [-0.25, -0.2) is 4.39 Å². The van der Waals surface area contributed by atoms with Gasteiger partial charge in [-0.2, -0.15) is 0 Å². The molecule has 0 aromatic heterocycles. The average molecular weight is 266 g/mol. The monoisotopic (exact) mass is 266 g/mol. The van der Waals surface area contributed by atoms with Gasteiger partial charge in [-0.05, 0) is 49.4 Å². The van der Waals surface area contributed by atoms with Crippen molar-refractivity contribution in [2.24, 2.45) is 17.6 Å². The van der Waals surface area contributed by atoms with Crippen LogP contribution in [0.1, 0.15) is 32.3 Å². The highest BCUT2D eigenvalue weighted by atomic mass is 19.1. The standard InChI is InChI=1S/C15H23FN2O/c1-10(2)6-12(9-17)8-15(19)18-14-5-4-11(3)7-13(14)16/h4-5,7,10,12H,6,8-9,17H2,1-3H3,(H,18,19)/t12-/m0/s1. The number of hydrogen-bond acceptors (Lipinski definition) is 2. The molecule has 0 saturated carbocycles. The van der Waals surface area contributed by atoms with Crippen molar-refractivity contribution in [2.45, 2.75) is 33.6 Å². The molecule has 1 amide bonds. The molecular weight excluding hydrogens is 243 g/mol.